The standard InChI is InChI=1S/C21H28N4O2/c26-20(8-4-16-27-17-11-18-6-2-1-3-7-18)24-19-9-14-25(15-10-19)21-22-12-5-13-23-21/h1-3,5-7,12-13,19H,4,8-11,14-17H2,(H,24,26). The molecule has 0 aliphatic carbocycles. The van der Waals surface area contributed by atoms with Crippen LogP contribution in [0.5, 0.6) is 0 Å². The van der Waals surface area contributed by atoms with Gasteiger partial charge in [-0.25, -0.2) is 9.97 Å². The average molecular weight is 368 g/mol. The molecule has 0 atom stereocenters. The summed E-state index contributed by atoms with van der Waals surface area (Å²) in [5, 5.41) is 3.15. The zero-order valence-corrected chi connectivity index (χ0v) is 15.7. The van der Waals surface area contributed by atoms with Gasteiger partial charge in [-0.1, -0.05) is 30.3 Å². The maximum Gasteiger partial charge on any atom is 0.225 e. The van der Waals surface area contributed by atoms with Crippen LogP contribution >= 0.6 is 0 Å². The van der Waals surface area contributed by atoms with E-state index in [1.54, 1.807) is 12.4 Å². The van der Waals surface area contributed by atoms with Crippen LogP contribution in [0.2, 0.25) is 0 Å². The molecule has 0 unspecified atom stereocenters. The first kappa shape index (κ1) is 19.3. The second-order valence-corrected chi connectivity index (χ2v) is 6.83. The Bertz CT molecular complexity index is 673. The Morgan fingerprint density at radius 2 is 1.81 bits per heavy atom. The van der Waals surface area contributed by atoms with Crippen molar-refractivity contribution in [3.63, 3.8) is 0 Å². The lowest BCUT2D eigenvalue weighted by atomic mass is 10.1. The Labute approximate surface area is 161 Å². The third kappa shape index (κ3) is 6.64. The first-order chi connectivity index (χ1) is 13.3. The number of nitrogens with zero attached hydrogens (tertiary/aromatic N) is 3. The lowest BCUT2D eigenvalue weighted by Gasteiger charge is -2.32. The van der Waals surface area contributed by atoms with Gasteiger partial charge in [0.05, 0.1) is 6.61 Å². The first-order valence-electron chi connectivity index (χ1n) is 9.74. The van der Waals surface area contributed by atoms with E-state index in [1.165, 1.54) is 5.56 Å². The number of benzene rings is 1. The highest BCUT2D eigenvalue weighted by atomic mass is 16.5. The molecule has 1 N–H and O–H groups in total. The number of piperidine rings is 1. The Morgan fingerprint density at radius 3 is 2.56 bits per heavy atom. The Kier molecular flexibility index (Phi) is 7.59. The van der Waals surface area contributed by atoms with Crippen LogP contribution in [-0.2, 0) is 16.0 Å². The number of ether oxygens (including phenoxy) is 1. The fraction of sp³-hybridized carbons (Fsp3) is 0.476. The lowest BCUT2D eigenvalue weighted by molar-refractivity contribution is -0.122. The van der Waals surface area contributed by atoms with Crippen LogP contribution in [0.3, 0.4) is 0 Å². The summed E-state index contributed by atoms with van der Waals surface area (Å²) in [4.78, 5) is 22.9. The van der Waals surface area contributed by atoms with Crippen LogP contribution in [0.4, 0.5) is 5.95 Å². The van der Waals surface area contributed by atoms with Gasteiger partial charge in [-0.15, -0.1) is 0 Å². The molecule has 0 radical (unpaired) electrons. The summed E-state index contributed by atoms with van der Waals surface area (Å²) in [5.41, 5.74) is 1.28. The predicted molar refractivity (Wildman–Crippen MR) is 106 cm³/mol. The van der Waals surface area contributed by atoms with Crippen LogP contribution in [-0.4, -0.2) is 48.2 Å². The van der Waals surface area contributed by atoms with Crippen molar-refractivity contribution < 1.29 is 9.53 Å². The highest BCUT2D eigenvalue weighted by Gasteiger charge is 2.21. The van der Waals surface area contributed by atoms with E-state index in [0.717, 1.165) is 44.7 Å². The van der Waals surface area contributed by atoms with Crippen LogP contribution in [0.15, 0.2) is 48.8 Å². The minimum absolute atomic E-state index is 0.121. The van der Waals surface area contributed by atoms with Gasteiger partial charge in [0.1, 0.15) is 0 Å². The van der Waals surface area contributed by atoms with Crippen molar-refractivity contribution in [2.24, 2.45) is 0 Å². The van der Waals surface area contributed by atoms with Gasteiger partial charge in [0.25, 0.3) is 0 Å². The normalized spacial score (nSPS) is 14.9. The van der Waals surface area contributed by atoms with Gasteiger partial charge in [0.15, 0.2) is 0 Å². The second kappa shape index (κ2) is 10.6. The first-order valence-corrected chi connectivity index (χ1v) is 9.74. The van der Waals surface area contributed by atoms with Crippen molar-refractivity contribution in [3.8, 4) is 0 Å². The molecule has 1 aliphatic heterocycles. The third-order valence-electron chi connectivity index (χ3n) is 4.77. The van der Waals surface area contributed by atoms with Crippen molar-refractivity contribution >= 4 is 11.9 Å². The van der Waals surface area contributed by atoms with Gasteiger partial charge in [-0.2, -0.15) is 0 Å². The van der Waals surface area contributed by atoms with Crippen molar-refractivity contribution in [2.75, 3.05) is 31.2 Å². The van der Waals surface area contributed by atoms with Crippen LogP contribution in [0.1, 0.15) is 31.2 Å². The summed E-state index contributed by atoms with van der Waals surface area (Å²) in [6, 6.07) is 12.4. The highest BCUT2D eigenvalue weighted by molar-refractivity contribution is 5.76. The Hall–Kier alpha value is -2.47. The molecule has 1 amide bonds. The maximum absolute atomic E-state index is 12.1. The minimum atomic E-state index is 0.121. The quantitative estimate of drug-likeness (QED) is 0.689. The molecule has 2 heterocycles. The van der Waals surface area contributed by atoms with Gasteiger partial charge in [0.2, 0.25) is 11.9 Å². The van der Waals surface area contributed by atoms with E-state index in [2.05, 4.69) is 32.3 Å². The number of aromatic nitrogens is 2. The molecule has 0 spiro atoms. The van der Waals surface area contributed by atoms with E-state index in [9.17, 15) is 4.79 Å². The zero-order valence-electron chi connectivity index (χ0n) is 15.7. The van der Waals surface area contributed by atoms with Crippen LogP contribution < -0.4 is 10.2 Å². The number of carbonyl (C=O) groups excluding carboxylic acids is 1. The zero-order chi connectivity index (χ0) is 18.7. The van der Waals surface area contributed by atoms with Crippen LogP contribution in [0, 0.1) is 0 Å². The highest BCUT2D eigenvalue weighted by Crippen LogP contribution is 2.15. The maximum atomic E-state index is 12.1. The molecule has 144 valence electrons. The van der Waals surface area contributed by atoms with Crippen molar-refractivity contribution in [2.45, 2.75) is 38.1 Å². The summed E-state index contributed by atoms with van der Waals surface area (Å²) in [5.74, 6) is 0.894. The number of amides is 1. The topological polar surface area (TPSA) is 67.3 Å². The molecule has 0 bridgehead atoms. The van der Waals surface area contributed by atoms with E-state index < -0.39 is 0 Å². The lowest BCUT2D eigenvalue weighted by Crippen LogP contribution is -2.45. The molecule has 6 heteroatoms. The molecule has 1 saturated heterocycles. The van der Waals surface area contributed by atoms with Crippen LogP contribution in [0.25, 0.3) is 0 Å². The van der Waals surface area contributed by atoms with Gasteiger partial charge >= 0.3 is 0 Å². The monoisotopic (exact) mass is 368 g/mol. The molecule has 27 heavy (non-hydrogen) atoms. The van der Waals surface area contributed by atoms with Gasteiger partial charge in [0, 0.05) is 44.6 Å². The third-order valence-corrected chi connectivity index (χ3v) is 4.77. The van der Waals surface area contributed by atoms with E-state index in [0.29, 0.717) is 19.6 Å². The molecule has 3 rings (SSSR count). The largest absolute Gasteiger partial charge is 0.381 e. The molecule has 1 aromatic carbocycles. The van der Waals surface area contributed by atoms with E-state index in [-0.39, 0.29) is 11.9 Å². The smallest absolute Gasteiger partial charge is 0.225 e. The minimum Gasteiger partial charge on any atom is -0.381 e. The summed E-state index contributed by atoms with van der Waals surface area (Å²) >= 11 is 0. The number of nitrogens with one attached hydrogen (secondary N) is 1. The van der Waals surface area contributed by atoms with Gasteiger partial charge < -0.3 is 15.0 Å². The Balaban J connectivity index is 1.24. The fourth-order valence-corrected chi connectivity index (χ4v) is 3.25. The number of rotatable bonds is 9. The average Bonchev–Trinajstić information content (AvgIpc) is 2.72. The molecule has 6 nitrogen and oxygen atoms in total. The van der Waals surface area contributed by atoms with E-state index in [4.69, 9.17) is 4.74 Å². The molecular formula is C21H28N4O2. The number of carbonyl (C=O) groups is 1. The molecule has 1 aromatic heterocycles. The van der Waals surface area contributed by atoms with Gasteiger partial charge in [-0.3, -0.25) is 4.79 Å². The Morgan fingerprint density at radius 1 is 1.07 bits per heavy atom. The van der Waals surface area contributed by atoms with E-state index in [1.807, 2.05) is 24.3 Å². The van der Waals surface area contributed by atoms with Crippen molar-refractivity contribution in [3.05, 3.63) is 54.4 Å². The van der Waals surface area contributed by atoms with Crippen molar-refractivity contribution in [1.82, 2.24) is 15.3 Å². The van der Waals surface area contributed by atoms with E-state index >= 15 is 0 Å². The number of hydrogen-bond acceptors (Lipinski definition) is 5. The van der Waals surface area contributed by atoms with Gasteiger partial charge in [-0.05, 0) is 37.3 Å². The SMILES string of the molecule is O=C(CCCOCCc1ccccc1)NC1CCN(c2ncccn2)CC1. The number of hydrogen-bond donors (Lipinski definition) is 1. The predicted octanol–water partition coefficient (Wildman–Crippen LogP) is 2.60. The summed E-state index contributed by atoms with van der Waals surface area (Å²) < 4.78 is 5.64. The molecule has 1 fully saturated rings. The second-order valence-electron chi connectivity index (χ2n) is 6.83. The van der Waals surface area contributed by atoms with Crippen molar-refractivity contribution in [1.29, 1.82) is 0 Å². The number of anilines is 1. The molecule has 0 saturated carbocycles. The summed E-state index contributed by atoms with van der Waals surface area (Å²) in [6.45, 7) is 3.07. The molecule has 1 aliphatic rings. The summed E-state index contributed by atoms with van der Waals surface area (Å²) in [7, 11) is 0. The molecular weight excluding hydrogens is 340 g/mol. The fourth-order valence-electron chi connectivity index (χ4n) is 3.25. The molecule has 2 aromatic rings. The summed E-state index contributed by atoms with van der Waals surface area (Å²) in [6.07, 6.45) is 7.58.